The molecular formula is C25H29BrN2O3. The second kappa shape index (κ2) is 9.86. The zero-order chi connectivity index (χ0) is 21.8. The molecular weight excluding hydrogens is 456 g/mol. The van der Waals surface area contributed by atoms with Gasteiger partial charge in [-0.15, -0.1) is 0 Å². The molecule has 0 aromatic heterocycles. The molecule has 0 saturated carbocycles. The molecule has 6 heteroatoms. The molecule has 5 nitrogen and oxygen atoms in total. The lowest BCUT2D eigenvalue weighted by atomic mass is 9.97. The molecule has 1 fully saturated rings. The van der Waals surface area contributed by atoms with Crippen LogP contribution >= 0.6 is 15.9 Å². The van der Waals surface area contributed by atoms with Gasteiger partial charge < -0.3 is 14.5 Å². The molecule has 31 heavy (non-hydrogen) atoms. The largest absolute Gasteiger partial charge is 0.483 e. The van der Waals surface area contributed by atoms with Crippen molar-refractivity contribution in [3.63, 3.8) is 0 Å². The summed E-state index contributed by atoms with van der Waals surface area (Å²) >= 11 is 3.45. The van der Waals surface area contributed by atoms with E-state index in [1.807, 2.05) is 52.3 Å². The van der Waals surface area contributed by atoms with Gasteiger partial charge in [-0.25, -0.2) is 0 Å². The average Bonchev–Trinajstić information content (AvgIpc) is 2.80. The lowest BCUT2D eigenvalue weighted by Gasteiger charge is -2.35. The molecule has 0 unspecified atom stereocenters. The number of fused-ring (bicyclic) bond motifs is 1. The standard InChI is InChI=1S/C25H29BrN2O3/c1-2-20-6-3-4-14-28(20)24(29)17-31-23-8-5-7-22-21(23)13-15-27(25(22)30)16-18-9-11-19(26)12-10-18/h5,7-12,20H,2-4,6,13-17H2,1H3/t20-/m0/s1. The molecule has 0 spiro atoms. The Bertz CT molecular complexity index is 944. The highest BCUT2D eigenvalue weighted by Gasteiger charge is 2.28. The van der Waals surface area contributed by atoms with E-state index >= 15 is 0 Å². The third kappa shape index (κ3) is 4.95. The summed E-state index contributed by atoms with van der Waals surface area (Å²) in [4.78, 5) is 29.7. The van der Waals surface area contributed by atoms with Gasteiger partial charge in [-0.2, -0.15) is 0 Å². The lowest BCUT2D eigenvalue weighted by Crippen LogP contribution is -2.45. The second-order valence-corrected chi connectivity index (χ2v) is 9.23. The first kappa shape index (κ1) is 21.9. The van der Waals surface area contributed by atoms with Gasteiger partial charge in [0.15, 0.2) is 6.61 Å². The van der Waals surface area contributed by atoms with Gasteiger partial charge in [-0.05, 0) is 61.9 Å². The number of ether oxygens (including phenoxy) is 1. The molecule has 0 bridgehead atoms. The SMILES string of the molecule is CC[C@H]1CCCCN1C(=O)COc1cccc2c1CCN(Cc1ccc(Br)cc1)C2=O. The highest BCUT2D eigenvalue weighted by molar-refractivity contribution is 9.10. The molecule has 0 aliphatic carbocycles. The van der Waals surface area contributed by atoms with Crippen LogP contribution in [-0.4, -0.2) is 47.4 Å². The van der Waals surface area contributed by atoms with Crippen LogP contribution in [0.2, 0.25) is 0 Å². The molecule has 0 radical (unpaired) electrons. The van der Waals surface area contributed by atoms with E-state index in [4.69, 9.17) is 4.74 Å². The van der Waals surface area contributed by atoms with Gasteiger partial charge in [-0.1, -0.05) is 41.1 Å². The maximum Gasteiger partial charge on any atom is 0.260 e. The summed E-state index contributed by atoms with van der Waals surface area (Å²) < 4.78 is 6.99. The highest BCUT2D eigenvalue weighted by Crippen LogP contribution is 2.29. The molecule has 1 saturated heterocycles. The normalized spacial score (nSPS) is 18.6. The Kier molecular flexibility index (Phi) is 6.96. The third-order valence-electron chi connectivity index (χ3n) is 6.34. The van der Waals surface area contributed by atoms with Crippen LogP contribution in [0.25, 0.3) is 0 Å². The van der Waals surface area contributed by atoms with E-state index < -0.39 is 0 Å². The summed E-state index contributed by atoms with van der Waals surface area (Å²) in [6, 6.07) is 13.9. The van der Waals surface area contributed by atoms with Crippen LogP contribution in [-0.2, 0) is 17.8 Å². The zero-order valence-electron chi connectivity index (χ0n) is 18.0. The van der Waals surface area contributed by atoms with Crippen molar-refractivity contribution in [3.8, 4) is 5.75 Å². The Hall–Kier alpha value is -2.34. The Morgan fingerprint density at radius 2 is 1.94 bits per heavy atom. The van der Waals surface area contributed by atoms with E-state index in [9.17, 15) is 9.59 Å². The summed E-state index contributed by atoms with van der Waals surface area (Å²) in [5, 5.41) is 0. The van der Waals surface area contributed by atoms with Crippen LogP contribution in [0.1, 0.15) is 54.1 Å². The quantitative estimate of drug-likeness (QED) is 0.590. The first-order valence-corrected chi connectivity index (χ1v) is 11.9. The predicted octanol–water partition coefficient (Wildman–Crippen LogP) is 4.82. The van der Waals surface area contributed by atoms with E-state index in [0.29, 0.717) is 30.4 Å². The van der Waals surface area contributed by atoms with Crippen molar-refractivity contribution in [2.75, 3.05) is 19.7 Å². The van der Waals surface area contributed by atoms with Gasteiger partial charge in [0.25, 0.3) is 11.8 Å². The molecule has 0 N–H and O–H groups in total. The number of piperidine rings is 1. The number of amides is 2. The van der Waals surface area contributed by atoms with Gasteiger partial charge >= 0.3 is 0 Å². The number of halogens is 1. The topological polar surface area (TPSA) is 49.9 Å². The lowest BCUT2D eigenvalue weighted by molar-refractivity contribution is -0.137. The first-order valence-electron chi connectivity index (χ1n) is 11.1. The number of carbonyl (C=O) groups is 2. The fraction of sp³-hybridized carbons (Fsp3) is 0.440. The highest BCUT2D eigenvalue weighted by atomic mass is 79.9. The molecule has 2 aromatic rings. The minimum Gasteiger partial charge on any atom is -0.483 e. The molecule has 2 aliphatic heterocycles. The van der Waals surface area contributed by atoms with Gasteiger partial charge in [0.05, 0.1) is 0 Å². The fourth-order valence-electron chi connectivity index (χ4n) is 4.61. The summed E-state index contributed by atoms with van der Waals surface area (Å²) in [7, 11) is 0. The number of hydrogen-bond acceptors (Lipinski definition) is 3. The minimum absolute atomic E-state index is 0.0167. The predicted molar refractivity (Wildman–Crippen MR) is 124 cm³/mol. The van der Waals surface area contributed by atoms with Gasteiger partial charge in [0.1, 0.15) is 5.75 Å². The Morgan fingerprint density at radius 1 is 1.13 bits per heavy atom. The molecule has 1 atom stereocenters. The van der Waals surface area contributed by atoms with E-state index in [-0.39, 0.29) is 18.4 Å². The maximum absolute atomic E-state index is 13.1. The number of carbonyl (C=O) groups excluding carboxylic acids is 2. The van der Waals surface area contributed by atoms with Crippen LogP contribution in [0.15, 0.2) is 46.9 Å². The molecule has 4 rings (SSSR count). The molecule has 2 amide bonds. The monoisotopic (exact) mass is 484 g/mol. The molecule has 164 valence electrons. The van der Waals surface area contributed by atoms with Crippen LogP contribution < -0.4 is 4.74 Å². The van der Waals surface area contributed by atoms with E-state index in [2.05, 4.69) is 22.9 Å². The van der Waals surface area contributed by atoms with Crippen molar-refractivity contribution in [2.24, 2.45) is 0 Å². The van der Waals surface area contributed by atoms with Gasteiger partial charge in [-0.3, -0.25) is 9.59 Å². The van der Waals surface area contributed by atoms with Crippen molar-refractivity contribution in [3.05, 3.63) is 63.6 Å². The first-order chi connectivity index (χ1) is 15.1. The summed E-state index contributed by atoms with van der Waals surface area (Å²) in [6.07, 6.45) is 5.03. The molecule has 2 heterocycles. The van der Waals surface area contributed by atoms with E-state index in [1.54, 1.807) is 0 Å². The van der Waals surface area contributed by atoms with Crippen molar-refractivity contribution < 1.29 is 14.3 Å². The van der Waals surface area contributed by atoms with Crippen molar-refractivity contribution >= 4 is 27.7 Å². The zero-order valence-corrected chi connectivity index (χ0v) is 19.6. The average molecular weight is 485 g/mol. The number of nitrogens with zero attached hydrogens (tertiary/aromatic N) is 2. The number of benzene rings is 2. The smallest absolute Gasteiger partial charge is 0.260 e. The molecule has 2 aromatic carbocycles. The summed E-state index contributed by atoms with van der Waals surface area (Å²) in [5.74, 6) is 0.721. The third-order valence-corrected chi connectivity index (χ3v) is 6.87. The van der Waals surface area contributed by atoms with E-state index in [1.165, 1.54) is 6.42 Å². The second-order valence-electron chi connectivity index (χ2n) is 8.32. The van der Waals surface area contributed by atoms with Crippen molar-refractivity contribution in [2.45, 2.75) is 51.6 Å². The van der Waals surface area contributed by atoms with Gasteiger partial charge in [0.2, 0.25) is 0 Å². The maximum atomic E-state index is 13.1. The summed E-state index contributed by atoms with van der Waals surface area (Å²) in [5.41, 5.74) is 2.70. The minimum atomic E-state index is 0.0167. The number of likely N-dealkylation sites (tertiary alicyclic amines) is 1. The van der Waals surface area contributed by atoms with Crippen LogP contribution in [0.5, 0.6) is 5.75 Å². The molecule has 2 aliphatic rings. The van der Waals surface area contributed by atoms with Crippen molar-refractivity contribution in [1.29, 1.82) is 0 Å². The van der Waals surface area contributed by atoms with Crippen LogP contribution in [0, 0.1) is 0 Å². The number of hydrogen-bond donors (Lipinski definition) is 0. The Balaban J connectivity index is 1.43. The summed E-state index contributed by atoms with van der Waals surface area (Å²) in [6.45, 7) is 4.21. The van der Waals surface area contributed by atoms with Crippen LogP contribution in [0.4, 0.5) is 0 Å². The van der Waals surface area contributed by atoms with Crippen molar-refractivity contribution in [1.82, 2.24) is 9.80 Å². The van der Waals surface area contributed by atoms with Gasteiger partial charge in [0, 0.05) is 41.3 Å². The number of rotatable bonds is 6. The Morgan fingerprint density at radius 3 is 2.71 bits per heavy atom. The van der Waals surface area contributed by atoms with Crippen LogP contribution in [0.3, 0.4) is 0 Å². The Labute approximate surface area is 192 Å². The van der Waals surface area contributed by atoms with E-state index in [0.717, 1.165) is 47.8 Å². The fourth-order valence-corrected chi connectivity index (χ4v) is 4.88.